The zero-order valence-electron chi connectivity index (χ0n) is 15.4. The fourth-order valence-corrected chi connectivity index (χ4v) is 3.32. The van der Waals surface area contributed by atoms with Gasteiger partial charge in [-0.1, -0.05) is 54.6 Å². The normalized spacial score (nSPS) is 10.9. The van der Waals surface area contributed by atoms with E-state index in [0.717, 1.165) is 51.2 Å². The van der Waals surface area contributed by atoms with Gasteiger partial charge in [0.05, 0.1) is 29.3 Å². The molecular weight excluding hydrogens is 332 g/mol. The predicted molar refractivity (Wildman–Crippen MR) is 111 cm³/mol. The van der Waals surface area contributed by atoms with E-state index in [9.17, 15) is 0 Å². The van der Waals surface area contributed by atoms with E-state index >= 15 is 0 Å². The standard InChI is InChI=1S/C23H22N4/c1-2-25-23-20-14-19(17-6-4-3-5-7-17)22(27-21(20)12-13-26-23)18-10-8-16(15-24)9-11-18/h3-14H,2,15,24H2,1H3,(H,25,26)/p+1. The van der Waals surface area contributed by atoms with Crippen molar-refractivity contribution in [1.29, 1.82) is 0 Å². The maximum Gasteiger partial charge on any atom is 0.281 e. The molecule has 4 aromatic rings. The first-order valence-electron chi connectivity index (χ1n) is 9.24. The summed E-state index contributed by atoms with van der Waals surface area (Å²) in [4.78, 5) is 8.33. The molecule has 4 heteroatoms. The van der Waals surface area contributed by atoms with Crippen molar-refractivity contribution in [1.82, 2.24) is 4.98 Å². The van der Waals surface area contributed by atoms with Crippen molar-refractivity contribution in [3.63, 3.8) is 0 Å². The number of benzene rings is 2. The summed E-state index contributed by atoms with van der Waals surface area (Å²) in [7, 11) is 0. The molecule has 4 nitrogen and oxygen atoms in total. The third-order valence-corrected chi connectivity index (χ3v) is 4.69. The minimum Gasteiger partial charge on any atom is -0.326 e. The zero-order valence-corrected chi connectivity index (χ0v) is 15.4. The molecule has 2 aromatic carbocycles. The molecule has 0 atom stereocenters. The quantitative estimate of drug-likeness (QED) is 0.562. The predicted octanol–water partition coefficient (Wildman–Crippen LogP) is 4.27. The number of nitrogens with two attached hydrogens (primary N) is 1. The number of aromatic amines is 1. The Labute approximate surface area is 159 Å². The highest BCUT2D eigenvalue weighted by Gasteiger charge is 2.15. The summed E-state index contributed by atoms with van der Waals surface area (Å²) in [6.07, 6.45) is 1.93. The van der Waals surface area contributed by atoms with Crippen molar-refractivity contribution in [2.45, 2.75) is 13.5 Å². The smallest absolute Gasteiger partial charge is 0.281 e. The summed E-state index contributed by atoms with van der Waals surface area (Å²) in [5.41, 5.74) is 12.2. The number of aromatic nitrogens is 2. The van der Waals surface area contributed by atoms with Crippen LogP contribution >= 0.6 is 0 Å². The molecule has 2 heterocycles. The van der Waals surface area contributed by atoms with Gasteiger partial charge in [0, 0.05) is 23.7 Å². The molecule has 2 aromatic heterocycles. The van der Waals surface area contributed by atoms with Gasteiger partial charge in [0.15, 0.2) is 0 Å². The molecule has 27 heavy (non-hydrogen) atoms. The molecule has 0 unspecified atom stereocenters. The molecular formula is C23H23N4+. The van der Waals surface area contributed by atoms with Crippen LogP contribution in [0.5, 0.6) is 0 Å². The maximum atomic E-state index is 5.75. The van der Waals surface area contributed by atoms with Crippen molar-refractivity contribution in [2.24, 2.45) is 5.73 Å². The van der Waals surface area contributed by atoms with Crippen LogP contribution in [-0.4, -0.2) is 11.5 Å². The van der Waals surface area contributed by atoms with E-state index in [4.69, 9.17) is 10.7 Å². The van der Waals surface area contributed by atoms with Crippen LogP contribution in [0.15, 0.2) is 72.9 Å². The largest absolute Gasteiger partial charge is 0.326 e. The number of nitrogens with zero attached hydrogens (tertiary/aromatic N) is 1. The molecule has 134 valence electrons. The third-order valence-electron chi connectivity index (χ3n) is 4.69. The first kappa shape index (κ1) is 17.2. The van der Waals surface area contributed by atoms with Crippen LogP contribution in [0.1, 0.15) is 12.5 Å². The maximum absolute atomic E-state index is 5.75. The van der Waals surface area contributed by atoms with Gasteiger partial charge >= 0.3 is 0 Å². The van der Waals surface area contributed by atoms with E-state index < -0.39 is 0 Å². The molecule has 0 bridgehead atoms. The first-order valence-corrected chi connectivity index (χ1v) is 9.24. The number of hydrogen-bond acceptors (Lipinski definition) is 3. The van der Waals surface area contributed by atoms with E-state index in [-0.39, 0.29) is 0 Å². The van der Waals surface area contributed by atoms with Crippen LogP contribution in [0, 0.1) is 0 Å². The van der Waals surface area contributed by atoms with Crippen LogP contribution in [0.2, 0.25) is 0 Å². The lowest BCUT2D eigenvalue weighted by atomic mass is 9.97. The van der Waals surface area contributed by atoms with Crippen LogP contribution in [0.3, 0.4) is 0 Å². The van der Waals surface area contributed by atoms with Gasteiger partial charge in [-0.05, 0) is 24.1 Å². The Morgan fingerprint density at radius 2 is 1.74 bits per heavy atom. The Hall–Kier alpha value is -3.24. The van der Waals surface area contributed by atoms with Crippen molar-refractivity contribution in [3.05, 3.63) is 78.5 Å². The summed E-state index contributed by atoms with van der Waals surface area (Å²) >= 11 is 0. The lowest BCUT2D eigenvalue weighted by Crippen LogP contribution is -2.13. The average molecular weight is 355 g/mol. The Morgan fingerprint density at radius 1 is 0.963 bits per heavy atom. The number of nitrogens with one attached hydrogen (secondary N) is 2. The number of anilines is 1. The molecule has 0 amide bonds. The highest BCUT2D eigenvalue weighted by Crippen LogP contribution is 2.34. The Balaban J connectivity index is 1.98. The van der Waals surface area contributed by atoms with Crippen LogP contribution in [0.4, 0.5) is 5.82 Å². The summed E-state index contributed by atoms with van der Waals surface area (Å²) in [5.74, 6) is 0.990. The van der Waals surface area contributed by atoms with Gasteiger partial charge in [0.2, 0.25) is 0 Å². The molecule has 0 saturated heterocycles. The fraction of sp³-hybridized carbons (Fsp3) is 0.130. The first-order chi connectivity index (χ1) is 13.3. The number of H-pyrrole nitrogens is 1. The molecule has 0 spiro atoms. The summed E-state index contributed by atoms with van der Waals surface area (Å²) in [6, 6.07) is 23.0. The van der Waals surface area contributed by atoms with Crippen molar-refractivity contribution in [3.8, 4) is 22.4 Å². The van der Waals surface area contributed by atoms with Gasteiger partial charge in [-0.2, -0.15) is 0 Å². The average Bonchev–Trinajstić information content (AvgIpc) is 2.74. The zero-order chi connectivity index (χ0) is 18.6. The lowest BCUT2D eigenvalue weighted by molar-refractivity contribution is -0.359. The van der Waals surface area contributed by atoms with Gasteiger partial charge in [-0.15, -0.1) is 0 Å². The summed E-state index contributed by atoms with van der Waals surface area (Å²) < 4.78 is 0. The SMILES string of the molecule is CCNc1[nH+]ccc2nc(-c3ccc(CN)cc3)c(-c3ccccc3)cc12. The second kappa shape index (κ2) is 7.56. The molecule has 4 N–H and O–H groups in total. The van der Waals surface area contributed by atoms with E-state index in [1.54, 1.807) is 0 Å². The van der Waals surface area contributed by atoms with Gasteiger partial charge in [-0.25, -0.2) is 9.97 Å². The van der Waals surface area contributed by atoms with Crippen LogP contribution in [-0.2, 0) is 6.54 Å². The molecule has 0 aliphatic heterocycles. The Morgan fingerprint density at radius 3 is 2.44 bits per heavy atom. The number of hydrogen-bond donors (Lipinski definition) is 2. The third kappa shape index (κ3) is 3.39. The summed E-state index contributed by atoms with van der Waals surface area (Å²) in [5, 5.41) is 4.48. The number of rotatable bonds is 5. The molecule has 0 aliphatic carbocycles. The van der Waals surface area contributed by atoms with E-state index in [2.05, 4.69) is 71.8 Å². The number of fused-ring (bicyclic) bond motifs is 1. The second-order valence-electron chi connectivity index (χ2n) is 6.47. The molecule has 0 fully saturated rings. The summed E-state index contributed by atoms with van der Waals surface area (Å²) in [6.45, 7) is 3.48. The molecule has 0 radical (unpaired) electrons. The fourth-order valence-electron chi connectivity index (χ4n) is 3.32. The van der Waals surface area contributed by atoms with Crippen LogP contribution < -0.4 is 16.0 Å². The van der Waals surface area contributed by atoms with Crippen molar-refractivity contribution >= 4 is 16.7 Å². The molecule has 0 aliphatic rings. The monoisotopic (exact) mass is 355 g/mol. The van der Waals surface area contributed by atoms with Gasteiger partial charge in [-0.3, -0.25) is 5.32 Å². The highest BCUT2D eigenvalue weighted by atomic mass is 15.0. The topological polar surface area (TPSA) is 65.1 Å². The van der Waals surface area contributed by atoms with Gasteiger partial charge in [0.25, 0.3) is 5.82 Å². The van der Waals surface area contributed by atoms with Crippen molar-refractivity contribution in [2.75, 3.05) is 11.9 Å². The van der Waals surface area contributed by atoms with Crippen molar-refractivity contribution < 1.29 is 4.98 Å². The molecule has 0 saturated carbocycles. The van der Waals surface area contributed by atoms with Crippen LogP contribution in [0.25, 0.3) is 33.3 Å². The Bertz CT molecular complexity index is 1060. The molecule has 4 rings (SSSR count). The highest BCUT2D eigenvalue weighted by molar-refractivity contribution is 5.95. The van der Waals surface area contributed by atoms with E-state index in [0.29, 0.717) is 6.54 Å². The second-order valence-corrected chi connectivity index (χ2v) is 6.47. The minimum atomic E-state index is 0.541. The Kier molecular flexibility index (Phi) is 4.81. The minimum absolute atomic E-state index is 0.541. The number of pyridine rings is 2. The van der Waals surface area contributed by atoms with Gasteiger partial charge in [0.1, 0.15) is 0 Å². The van der Waals surface area contributed by atoms with E-state index in [1.807, 2.05) is 18.3 Å². The van der Waals surface area contributed by atoms with Gasteiger partial charge < -0.3 is 5.73 Å². The van der Waals surface area contributed by atoms with E-state index in [1.165, 1.54) is 0 Å². The lowest BCUT2D eigenvalue weighted by Gasteiger charge is -2.12.